The van der Waals surface area contributed by atoms with Crippen molar-refractivity contribution in [1.29, 1.82) is 0 Å². The van der Waals surface area contributed by atoms with Gasteiger partial charge in [-0.3, -0.25) is 14.6 Å². The number of hydrogen-bond donors (Lipinski definition) is 2. The van der Waals surface area contributed by atoms with Crippen LogP contribution in [-0.4, -0.2) is 34.4 Å². The van der Waals surface area contributed by atoms with Gasteiger partial charge in [-0.1, -0.05) is 30.3 Å². The number of amides is 2. The van der Waals surface area contributed by atoms with Crippen molar-refractivity contribution in [2.45, 2.75) is 25.8 Å². The molecule has 1 unspecified atom stereocenters. The molecule has 3 rings (SSSR count). The molecule has 30 heavy (non-hydrogen) atoms. The van der Waals surface area contributed by atoms with Gasteiger partial charge in [-0.05, 0) is 37.1 Å². The number of carbonyl (C=O) groups is 2. The topological polar surface area (TPSA) is 84.0 Å². The molecule has 1 aromatic carbocycles. The van der Waals surface area contributed by atoms with Crippen molar-refractivity contribution < 1.29 is 9.59 Å². The van der Waals surface area contributed by atoms with Crippen molar-refractivity contribution >= 4 is 29.2 Å². The number of nitrogens with zero attached hydrogens (tertiary/aromatic N) is 2. The number of aryl methyl sites for hydroxylation is 1. The summed E-state index contributed by atoms with van der Waals surface area (Å²) in [4.78, 5) is 32.8. The van der Waals surface area contributed by atoms with Gasteiger partial charge in [0, 0.05) is 42.4 Å². The van der Waals surface area contributed by atoms with E-state index in [4.69, 9.17) is 0 Å². The summed E-state index contributed by atoms with van der Waals surface area (Å²) in [5.41, 5.74) is 2.92. The first-order chi connectivity index (χ1) is 14.6. The van der Waals surface area contributed by atoms with Gasteiger partial charge in [0.05, 0.1) is 10.7 Å². The van der Waals surface area contributed by atoms with E-state index < -0.39 is 6.04 Å². The van der Waals surface area contributed by atoms with Crippen LogP contribution in [0.2, 0.25) is 0 Å². The fraction of sp³-hybridized carbons (Fsp3) is 0.217. The third-order valence-corrected chi connectivity index (χ3v) is 5.28. The summed E-state index contributed by atoms with van der Waals surface area (Å²) in [7, 11) is 0. The van der Waals surface area contributed by atoms with E-state index in [2.05, 4.69) is 20.6 Å². The van der Waals surface area contributed by atoms with Gasteiger partial charge in [0.25, 0.3) is 0 Å². The van der Waals surface area contributed by atoms with Gasteiger partial charge in [0.1, 0.15) is 6.04 Å². The molecule has 2 N–H and O–H groups in total. The van der Waals surface area contributed by atoms with Crippen molar-refractivity contribution in [3.05, 3.63) is 76.9 Å². The molecule has 0 fully saturated rings. The maximum absolute atomic E-state index is 12.2. The molecule has 2 aromatic heterocycles. The van der Waals surface area contributed by atoms with Gasteiger partial charge < -0.3 is 10.6 Å². The number of aromatic nitrogens is 2. The van der Waals surface area contributed by atoms with Crippen molar-refractivity contribution in [2.75, 3.05) is 6.54 Å². The molecule has 0 aliphatic carbocycles. The van der Waals surface area contributed by atoms with Crippen LogP contribution in [0.15, 0.2) is 66.3 Å². The molecule has 7 heteroatoms. The number of benzene rings is 1. The summed E-state index contributed by atoms with van der Waals surface area (Å²) in [6.07, 6.45) is 8.22. The molecule has 0 saturated heterocycles. The first-order valence-electron chi connectivity index (χ1n) is 9.78. The highest BCUT2D eigenvalue weighted by molar-refractivity contribution is 7.09. The summed E-state index contributed by atoms with van der Waals surface area (Å²) >= 11 is 1.61. The average molecular weight is 421 g/mol. The molecule has 0 radical (unpaired) electrons. The molecule has 0 bridgehead atoms. The zero-order valence-corrected chi connectivity index (χ0v) is 17.6. The second kappa shape index (κ2) is 11.0. The molecular formula is C23H24N4O2S. The van der Waals surface area contributed by atoms with Crippen LogP contribution in [0.3, 0.4) is 0 Å². The third-order valence-electron chi connectivity index (χ3n) is 4.37. The number of thiazole rings is 1. The highest BCUT2D eigenvalue weighted by atomic mass is 32.1. The van der Waals surface area contributed by atoms with Crippen molar-refractivity contribution in [3.63, 3.8) is 0 Å². The molecule has 0 spiro atoms. The van der Waals surface area contributed by atoms with E-state index in [1.807, 2.05) is 47.8 Å². The highest BCUT2D eigenvalue weighted by Crippen LogP contribution is 2.21. The highest BCUT2D eigenvalue weighted by Gasteiger charge is 2.13. The van der Waals surface area contributed by atoms with E-state index in [1.54, 1.807) is 36.7 Å². The molecule has 2 amide bonds. The SMILES string of the molecule is CC(NC(=O)/C=C/c1ccccc1)C(=O)NCCCc1nc(-c2ccncc2)cs1. The van der Waals surface area contributed by atoms with Gasteiger partial charge in [-0.25, -0.2) is 4.98 Å². The van der Waals surface area contributed by atoms with E-state index in [1.165, 1.54) is 6.08 Å². The van der Waals surface area contributed by atoms with E-state index in [9.17, 15) is 9.59 Å². The lowest BCUT2D eigenvalue weighted by molar-refractivity contribution is -0.126. The summed E-state index contributed by atoms with van der Waals surface area (Å²) < 4.78 is 0. The number of rotatable bonds is 9. The van der Waals surface area contributed by atoms with Crippen LogP contribution in [0.5, 0.6) is 0 Å². The first kappa shape index (κ1) is 21.4. The van der Waals surface area contributed by atoms with Gasteiger partial charge in [-0.15, -0.1) is 11.3 Å². The Morgan fingerprint density at radius 2 is 1.90 bits per heavy atom. The van der Waals surface area contributed by atoms with Gasteiger partial charge >= 0.3 is 0 Å². The largest absolute Gasteiger partial charge is 0.354 e. The normalized spacial score (nSPS) is 11.9. The van der Waals surface area contributed by atoms with Crippen LogP contribution >= 0.6 is 11.3 Å². The van der Waals surface area contributed by atoms with Crippen LogP contribution in [0, 0.1) is 0 Å². The Hall–Kier alpha value is -3.32. The molecule has 1 atom stereocenters. The number of nitrogens with one attached hydrogen (secondary N) is 2. The number of pyridine rings is 1. The third kappa shape index (κ3) is 6.63. The lowest BCUT2D eigenvalue weighted by atomic mass is 10.2. The Labute approximate surface area is 180 Å². The van der Waals surface area contributed by atoms with Crippen LogP contribution in [-0.2, 0) is 16.0 Å². The van der Waals surface area contributed by atoms with E-state index in [0.717, 1.165) is 34.7 Å². The molecular weight excluding hydrogens is 396 g/mol. The Balaban J connectivity index is 1.36. The van der Waals surface area contributed by atoms with Gasteiger partial charge in [0.2, 0.25) is 11.8 Å². The monoisotopic (exact) mass is 420 g/mol. The zero-order chi connectivity index (χ0) is 21.2. The van der Waals surface area contributed by atoms with Crippen LogP contribution in [0.25, 0.3) is 17.3 Å². The number of hydrogen-bond acceptors (Lipinski definition) is 5. The lowest BCUT2D eigenvalue weighted by Gasteiger charge is -2.12. The van der Waals surface area contributed by atoms with E-state index in [-0.39, 0.29) is 11.8 Å². The first-order valence-corrected chi connectivity index (χ1v) is 10.7. The predicted octanol–water partition coefficient (Wildman–Crippen LogP) is 3.47. The second-order valence-electron chi connectivity index (χ2n) is 6.73. The fourth-order valence-corrected chi connectivity index (χ4v) is 3.60. The Bertz CT molecular complexity index is 987. The minimum absolute atomic E-state index is 0.201. The minimum atomic E-state index is -0.601. The van der Waals surface area contributed by atoms with Crippen LogP contribution < -0.4 is 10.6 Å². The predicted molar refractivity (Wildman–Crippen MR) is 120 cm³/mol. The number of carbonyl (C=O) groups excluding carboxylic acids is 2. The van der Waals surface area contributed by atoms with E-state index in [0.29, 0.717) is 6.54 Å². The molecule has 0 saturated carbocycles. The quantitative estimate of drug-likeness (QED) is 0.410. The maximum Gasteiger partial charge on any atom is 0.244 e. The van der Waals surface area contributed by atoms with Crippen molar-refractivity contribution in [3.8, 4) is 11.3 Å². The molecule has 6 nitrogen and oxygen atoms in total. The maximum atomic E-state index is 12.2. The summed E-state index contributed by atoms with van der Waals surface area (Å²) in [5, 5.41) is 8.60. The van der Waals surface area contributed by atoms with Crippen LogP contribution in [0.1, 0.15) is 23.9 Å². The minimum Gasteiger partial charge on any atom is -0.354 e. The standard InChI is InChI=1S/C23H24N4O2S/c1-17(26-21(28)10-9-18-6-3-2-4-7-18)23(29)25-13-5-8-22-27-20(16-30-22)19-11-14-24-15-12-19/h2-4,6-7,9-12,14-17H,5,8,13H2,1H3,(H,25,29)(H,26,28)/b10-9+. The Morgan fingerprint density at radius 3 is 2.67 bits per heavy atom. The lowest BCUT2D eigenvalue weighted by Crippen LogP contribution is -2.44. The summed E-state index contributed by atoms with van der Waals surface area (Å²) in [5.74, 6) is -0.499. The average Bonchev–Trinajstić information content (AvgIpc) is 3.25. The fourth-order valence-electron chi connectivity index (χ4n) is 2.75. The zero-order valence-electron chi connectivity index (χ0n) is 16.7. The molecule has 0 aliphatic heterocycles. The van der Waals surface area contributed by atoms with Gasteiger partial charge in [0.15, 0.2) is 0 Å². The molecule has 0 aliphatic rings. The molecule has 2 heterocycles. The second-order valence-corrected chi connectivity index (χ2v) is 7.67. The molecule has 3 aromatic rings. The Morgan fingerprint density at radius 1 is 1.13 bits per heavy atom. The van der Waals surface area contributed by atoms with Crippen LogP contribution in [0.4, 0.5) is 0 Å². The summed E-state index contributed by atoms with van der Waals surface area (Å²) in [6, 6.07) is 12.8. The van der Waals surface area contributed by atoms with Crippen molar-refractivity contribution in [1.82, 2.24) is 20.6 Å². The summed E-state index contributed by atoms with van der Waals surface area (Å²) in [6.45, 7) is 2.20. The Kier molecular flexibility index (Phi) is 7.86. The van der Waals surface area contributed by atoms with Crippen molar-refractivity contribution in [2.24, 2.45) is 0 Å². The van der Waals surface area contributed by atoms with E-state index >= 15 is 0 Å². The molecule has 154 valence electrons. The smallest absolute Gasteiger partial charge is 0.244 e. The van der Waals surface area contributed by atoms with Gasteiger partial charge in [-0.2, -0.15) is 0 Å².